The fourth-order valence-electron chi connectivity index (χ4n) is 2.93. The predicted molar refractivity (Wildman–Crippen MR) is 114 cm³/mol. The molecule has 2 aromatic carbocycles. The van der Waals surface area contributed by atoms with Crippen LogP contribution in [0.4, 0.5) is 5.69 Å². The van der Waals surface area contributed by atoms with Gasteiger partial charge < -0.3 is 15.5 Å². The van der Waals surface area contributed by atoms with Gasteiger partial charge in [-0.2, -0.15) is 0 Å². The smallest absolute Gasteiger partial charge is 0.337 e. The van der Waals surface area contributed by atoms with Gasteiger partial charge in [-0.05, 0) is 36.8 Å². The van der Waals surface area contributed by atoms with E-state index in [2.05, 4.69) is 32.1 Å². The summed E-state index contributed by atoms with van der Waals surface area (Å²) in [7, 11) is 1.35. The van der Waals surface area contributed by atoms with E-state index in [-0.39, 0.29) is 0 Å². The van der Waals surface area contributed by atoms with Gasteiger partial charge in [0.05, 0.1) is 24.4 Å². The van der Waals surface area contributed by atoms with Crippen LogP contribution in [0.5, 0.6) is 0 Å². The van der Waals surface area contributed by atoms with Crippen molar-refractivity contribution in [1.29, 1.82) is 5.41 Å². The zero-order valence-corrected chi connectivity index (χ0v) is 17.1. The number of allylic oxidation sites excluding steroid dienone is 1. The topological polar surface area (TPSA) is 86.2 Å². The van der Waals surface area contributed by atoms with Crippen LogP contribution in [0.25, 0.3) is 0 Å². The minimum absolute atomic E-state index is 0.298. The average Bonchev–Trinajstić information content (AvgIpc) is 3.10. The van der Waals surface area contributed by atoms with Crippen molar-refractivity contribution in [1.82, 2.24) is 10.9 Å². The van der Waals surface area contributed by atoms with Gasteiger partial charge in [0.2, 0.25) is 0 Å². The molecule has 7 heteroatoms. The van der Waals surface area contributed by atoms with E-state index in [0.29, 0.717) is 22.6 Å². The van der Waals surface area contributed by atoms with Crippen LogP contribution in [-0.4, -0.2) is 24.8 Å². The molecule has 0 bridgehead atoms. The van der Waals surface area contributed by atoms with Gasteiger partial charge >= 0.3 is 5.97 Å². The first kappa shape index (κ1) is 19.9. The molecule has 0 spiro atoms. The summed E-state index contributed by atoms with van der Waals surface area (Å²) in [6.07, 6.45) is 1.75. The summed E-state index contributed by atoms with van der Waals surface area (Å²) in [5, 5.41) is 12.0. The number of hydrogen-bond acceptors (Lipinski definition) is 6. The number of ether oxygens (including phenoxy) is 1. The minimum Gasteiger partial charge on any atom is -0.466 e. The van der Waals surface area contributed by atoms with Crippen molar-refractivity contribution in [2.24, 2.45) is 0 Å². The molecule has 28 heavy (non-hydrogen) atoms. The second-order valence-corrected chi connectivity index (χ2v) is 7.14. The molecule has 144 valence electrons. The van der Waals surface area contributed by atoms with E-state index in [1.165, 1.54) is 7.11 Å². The molecule has 3 rings (SSSR count). The number of nitrogens with one attached hydrogen (secondary N) is 4. The SMILES string of the molecule is COC(=O)C1=C(C)NNC1/C(=C/Nc1ccccc1)C(=N)c1ccc(Br)cc1. The Hall–Kier alpha value is -2.90. The summed E-state index contributed by atoms with van der Waals surface area (Å²) < 4.78 is 5.88. The number of carbonyl (C=O) groups excluding carboxylic acids is 1. The van der Waals surface area contributed by atoms with Crippen LogP contribution in [0, 0.1) is 5.41 Å². The standard InChI is InChI=1S/C21H21BrN4O2/c1-13-18(21(27)28-2)20(26-25-13)17(12-24-16-6-4-3-5-7-16)19(23)14-8-10-15(22)11-9-14/h3-12,20,23-26H,1-2H3/b17-12+,23-19?. The van der Waals surface area contributed by atoms with Gasteiger partial charge in [-0.3, -0.25) is 5.41 Å². The highest BCUT2D eigenvalue weighted by Gasteiger charge is 2.34. The largest absolute Gasteiger partial charge is 0.466 e. The van der Waals surface area contributed by atoms with Crippen molar-refractivity contribution < 1.29 is 9.53 Å². The van der Waals surface area contributed by atoms with E-state index < -0.39 is 12.0 Å². The minimum atomic E-state index is -0.528. The Balaban J connectivity index is 2.00. The van der Waals surface area contributed by atoms with Gasteiger partial charge in [-0.1, -0.05) is 46.3 Å². The second-order valence-electron chi connectivity index (χ2n) is 6.22. The summed E-state index contributed by atoms with van der Waals surface area (Å²) in [5.41, 5.74) is 9.72. The maximum atomic E-state index is 12.3. The highest BCUT2D eigenvalue weighted by atomic mass is 79.9. The molecule has 0 aromatic heterocycles. The number of benzene rings is 2. The molecule has 1 unspecified atom stereocenters. The number of hydrogen-bond donors (Lipinski definition) is 4. The van der Waals surface area contributed by atoms with Gasteiger partial charge in [-0.25, -0.2) is 10.2 Å². The molecule has 0 saturated heterocycles. The van der Waals surface area contributed by atoms with Gasteiger partial charge in [0.25, 0.3) is 0 Å². The molecule has 2 aromatic rings. The first-order chi connectivity index (χ1) is 13.5. The molecule has 0 aliphatic carbocycles. The summed E-state index contributed by atoms with van der Waals surface area (Å²) in [4.78, 5) is 12.3. The Morgan fingerprint density at radius 3 is 2.50 bits per heavy atom. The average molecular weight is 441 g/mol. The zero-order valence-electron chi connectivity index (χ0n) is 15.5. The number of anilines is 1. The number of methoxy groups -OCH3 is 1. The lowest BCUT2D eigenvalue weighted by molar-refractivity contribution is -0.136. The molecule has 1 aliphatic rings. The highest BCUT2D eigenvalue weighted by Crippen LogP contribution is 2.24. The second kappa shape index (κ2) is 8.86. The first-order valence-electron chi connectivity index (χ1n) is 8.68. The quantitative estimate of drug-likeness (QED) is 0.406. The number of halogens is 1. The van der Waals surface area contributed by atoms with Gasteiger partial charge in [0.1, 0.15) is 0 Å². The van der Waals surface area contributed by atoms with Crippen molar-refractivity contribution in [2.75, 3.05) is 12.4 Å². The third-order valence-electron chi connectivity index (χ3n) is 4.40. The van der Waals surface area contributed by atoms with E-state index in [1.54, 1.807) is 13.1 Å². The molecular formula is C21H21BrN4O2. The summed E-state index contributed by atoms with van der Waals surface area (Å²) in [6.45, 7) is 1.80. The maximum Gasteiger partial charge on any atom is 0.337 e. The fraction of sp³-hybridized carbons (Fsp3) is 0.143. The van der Waals surface area contributed by atoms with Crippen LogP contribution in [0.3, 0.4) is 0 Å². The summed E-state index contributed by atoms with van der Waals surface area (Å²) >= 11 is 3.42. The highest BCUT2D eigenvalue weighted by molar-refractivity contribution is 9.10. The van der Waals surface area contributed by atoms with Crippen LogP contribution in [-0.2, 0) is 9.53 Å². The van der Waals surface area contributed by atoms with E-state index in [1.807, 2.05) is 54.6 Å². The molecular weight excluding hydrogens is 420 g/mol. The van der Waals surface area contributed by atoms with E-state index in [9.17, 15) is 4.79 Å². The molecule has 0 saturated carbocycles. The molecule has 6 nitrogen and oxygen atoms in total. The first-order valence-corrected chi connectivity index (χ1v) is 9.47. The molecule has 0 radical (unpaired) electrons. The van der Waals surface area contributed by atoms with Crippen molar-refractivity contribution in [3.05, 3.63) is 87.7 Å². The molecule has 1 heterocycles. The maximum absolute atomic E-state index is 12.3. The number of hydrazine groups is 1. The van der Waals surface area contributed by atoms with Crippen molar-refractivity contribution >= 4 is 33.3 Å². The monoisotopic (exact) mass is 440 g/mol. The lowest BCUT2D eigenvalue weighted by Crippen LogP contribution is -2.38. The van der Waals surface area contributed by atoms with Crippen LogP contribution in [0.1, 0.15) is 12.5 Å². The van der Waals surface area contributed by atoms with E-state index in [0.717, 1.165) is 15.7 Å². The van der Waals surface area contributed by atoms with Crippen LogP contribution in [0.2, 0.25) is 0 Å². The van der Waals surface area contributed by atoms with Crippen LogP contribution < -0.4 is 16.2 Å². The lowest BCUT2D eigenvalue weighted by Gasteiger charge is -2.19. The van der Waals surface area contributed by atoms with Gasteiger partial charge in [0.15, 0.2) is 0 Å². The number of para-hydroxylation sites is 1. The van der Waals surface area contributed by atoms with E-state index in [4.69, 9.17) is 10.1 Å². The van der Waals surface area contributed by atoms with E-state index >= 15 is 0 Å². The summed E-state index contributed by atoms with van der Waals surface area (Å²) in [6, 6.07) is 16.6. The van der Waals surface area contributed by atoms with Crippen LogP contribution in [0.15, 0.2) is 82.1 Å². The van der Waals surface area contributed by atoms with Gasteiger partial charge in [0, 0.05) is 27.6 Å². The zero-order chi connectivity index (χ0) is 20.1. The van der Waals surface area contributed by atoms with Crippen LogP contribution >= 0.6 is 15.9 Å². The molecule has 1 atom stereocenters. The predicted octanol–water partition coefficient (Wildman–Crippen LogP) is 3.74. The lowest BCUT2D eigenvalue weighted by atomic mass is 9.92. The molecule has 0 amide bonds. The Bertz CT molecular complexity index is 937. The number of rotatable bonds is 6. The fourth-order valence-corrected chi connectivity index (χ4v) is 3.19. The van der Waals surface area contributed by atoms with Crippen molar-refractivity contribution in [3.8, 4) is 0 Å². The Morgan fingerprint density at radius 2 is 1.86 bits per heavy atom. The summed E-state index contributed by atoms with van der Waals surface area (Å²) in [5.74, 6) is -0.436. The third-order valence-corrected chi connectivity index (χ3v) is 4.93. The number of esters is 1. The molecule has 1 aliphatic heterocycles. The van der Waals surface area contributed by atoms with Gasteiger partial charge in [-0.15, -0.1) is 0 Å². The Morgan fingerprint density at radius 1 is 1.18 bits per heavy atom. The normalized spacial score (nSPS) is 16.5. The third kappa shape index (κ3) is 4.32. The molecule has 0 fully saturated rings. The van der Waals surface area contributed by atoms with Crippen molar-refractivity contribution in [3.63, 3.8) is 0 Å². The molecule has 4 N–H and O–H groups in total. The Kier molecular flexibility index (Phi) is 6.28. The number of carbonyl (C=O) groups is 1. The Labute approximate surface area is 172 Å². The van der Waals surface area contributed by atoms with Crippen molar-refractivity contribution in [2.45, 2.75) is 13.0 Å².